The second-order valence-electron chi connectivity index (χ2n) is 3.59. The van der Waals surface area contributed by atoms with E-state index in [1.807, 2.05) is 6.07 Å². The number of H-pyrrole nitrogens is 1. The lowest BCUT2D eigenvalue weighted by Gasteiger charge is -2.07. The lowest BCUT2D eigenvalue weighted by molar-refractivity contribution is 0.939. The summed E-state index contributed by atoms with van der Waals surface area (Å²) in [4.78, 5) is 4.39. The summed E-state index contributed by atoms with van der Waals surface area (Å²) in [7, 11) is 0. The van der Waals surface area contributed by atoms with Crippen molar-refractivity contribution in [3.8, 4) is 0 Å². The molecule has 3 nitrogen and oxygen atoms in total. The highest BCUT2D eigenvalue weighted by atomic mass is 32.2. The van der Waals surface area contributed by atoms with Crippen molar-refractivity contribution in [1.82, 2.24) is 15.2 Å². The van der Waals surface area contributed by atoms with Crippen LogP contribution in [0.15, 0.2) is 35.5 Å². The Kier molecular flexibility index (Phi) is 3.62. The van der Waals surface area contributed by atoms with Gasteiger partial charge in [-0.2, -0.15) is 0 Å². The Labute approximate surface area is 99.7 Å². The van der Waals surface area contributed by atoms with Gasteiger partial charge in [-0.05, 0) is 12.5 Å². The zero-order valence-corrected chi connectivity index (χ0v) is 10.3. The zero-order valence-electron chi connectivity index (χ0n) is 9.47. The SMILES string of the molecule is CCc1nc(SC(C)c2ccccc2)n[nH]1. The molecule has 1 unspecified atom stereocenters. The number of aryl methyl sites for hydroxylation is 1. The fourth-order valence-electron chi connectivity index (χ4n) is 1.44. The molecule has 0 radical (unpaired) electrons. The van der Waals surface area contributed by atoms with Gasteiger partial charge in [-0.15, -0.1) is 5.10 Å². The molecule has 0 amide bonds. The first-order valence-corrected chi connectivity index (χ1v) is 6.30. The van der Waals surface area contributed by atoms with Gasteiger partial charge in [0.05, 0.1) is 0 Å². The number of rotatable bonds is 4. The first-order chi connectivity index (χ1) is 7.79. The van der Waals surface area contributed by atoms with Crippen molar-refractivity contribution < 1.29 is 0 Å². The zero-order chi connectivity index (χ0) is 11.4. The van der Waals surface area contributed by atoms with E-state index in [0.717, 1.165) is 17.4 Å². The second-order valence-corrected chi connectivity index (χ2v) is 4.90. The molecular weight excluding hydrogens is 218 g/mol. The molecule has 2 rings (SSSR count). The van der Waals surface area contributed by atoms with Gasteiger partial charge in [-0.3, -0.25) is 5.10 Å². The van der Waals surface area contributed by atoms with Gasteiger partial charge in [0.15, 0.2) is 0 Å². The van der Waals surface area contributed by atoms with Crippen LogP contribution in [0.25, 0.3) is 0 Å². The fourth-order valence-corrected chi connectivity index (χ4v) is 2.31. The van der Waals surface area contributed by atoms with Crippen molar-refractivity contribution >= 4 is 11.8 Å². The van der Waals surface area contributed by atoms with Crippen LogP contribution < -0.4 is 0 Å². The number of nitrogens with zero attached hydrogens (tertiary/aromatic N) is 2. The number of hydrogen-bond donors (Lipinski definition) is 1. The van der Waals surface area contributed by atoms with Crippen LogP contribution in [0.1, 0.15) is 30.5 Å². The van der Waals surface area contributed by atoms with E-state index in [0.29, 0.717) is 5.25 Å². The number of hydrogen-bond acceptors (Lipinski definition) is 3. The normalized spacial score (nSPS) is 12.6. The lowest BCUT2D eigenvalue weighted by atomic mass is 10.2. The predicted molar refractivity (Wildman–Crippen MR) is 66.5 cm³/mol. The molecule has 16 heavy (non-hydrogen) atoms. The summed E-state index contributed by atoms with van der Waals surface area (Å²) in [5.41, 5.74) is 1.30. The Hall–Kier alpha value is -1.29. The van der Waals surface area contributed by atoms with Crippen LogP contribution in [0.3, 0.4) is 0 Å². The molecule has 1 heterocycles. The lowest BCUT2D eigenvalue weighted by Crippen LogP contribution is -1.88. The van der Waals surface area contributed by atoms with Crippen molar-refractivity contribution in [2.45, 2.75) is 30.7 Å². The van der Waals surface area contributed by atoms with Crippen LogP contribution in [0.5, 0.6) is 0 Å². The Morgan fingerprint density at radius 3 is 2.69 bits per heavy atom. The molecular formula is C12H15N3S. The topological polar surface area (TPSA) is 41.6 Å². The standard InChI is InChI=1S/C12H15N3S/c1-3-11-13-12(15-14-11)16-9(2)10-7-5-4-6-8-10/h4-9H,3H2,1-2H3,(H,13,14,15). The molecule has 0 saturated carbocycles. The van der Waals surface area contributed by atoms with E-state index < -0.39 is 0 Å². The number of aromatic amines is 1. The van der Waals surface area contributed by atoms with Gasteiger partial charge >= 0.3 is 0 Å². The Bertz CT molecular complexity index is 439. The Morgan fingerprint density at radius 1 is 1.31 bits per heavy atom. The molecule has 0 aliphatic rings. The third kappa shape index (κ3) is 2.64. The molecule has 0 saturated heterocycles. The number of aromatic nitrogens is 3. The van der Waals surface area contributed by atoms with Gasteiger partial charge in [0.25, 0.3) is 0 Å². The minimum atomic E-state index is 0.377. The van der Waals surface area contributed by atoms with Crippen LogP contribution in [0, 0.1) is 0 Å². The Morgan fingerprint density at radius 2 is 2.06 bits per heavy atom. The minimum absolute atomic E-state index is 0.377. The maximum absolute atomic E-state index is 4.39. The van der Waals surface area contributed by atoms with Crippen molar-refractivity contribution in [3.05, 3.63) is 41.7 Å². The van der Waals surface area contributed by atoms with Gasteiger partial charge in [-0.1, -0.05) is 49.0 Å². The monoisotopic (exact) mass is 233 g/mol. The van der Waals surface area contributed by atoms with E-state index in [1.54, 1.807) is 11.8 Å². The van der Waals surface area contributed by atoms with Crippen LogP contribution in [-0.4, -0.2) is 15.2 Å². The van der Waals surface area contributed by atoms with E-state index in [9.17, 15) is 0 Å². The summed E-state index contributed by atoms with van der Waals surface area (Å²) < 4.78 is 0. The average molecular weight is 233 g/mol. The molecule has 0 aliphatic carbocycles. The molecule has 0 spiro atoms. The van der Waals surface area contributed by atoms with E-state index in [4.69, 9.17) is 0 Å². The van der Waals surface area contributed by atoms with Crippen molar-refractivity contribution in [1.29, 1.82) is 0 Å². The summed E-state index contributed by atoms with van der Waals surface area (Å²) in [6, 6.07) is 10.4. The molecule has 4 heteroatoms. The molecule has 1 atom stereocenters. The molecule has 1 aromatic heterocycles. The highest BCUT2D eigenvalue weighted by Gasteiger charge is 2.10. The van der Waals surface area contributed by atoms with Crippen LogP contribution in [-0.2, 0) is 6.42 Å². The number of nitrogens with one attached hydrogen (secondary N) is 1. The van der Waals surface area contributed by atoms with Gasteiger partial charge in [0.2, 0.25) is 5.16 Å². The van der Waals surface area contributed by atoms with E-state index in [-0.39, 0.29) is 0 Å². The van der Waals surface area contributed by atoms with Crippen molar-refractivity contribution in [2.24, 2.45) is 0 Å². The van der Waals surface area contributed by atoms with E-state index >= 15 is 0 Å². The smallest absolute Gasteiger partial charge is 0.209 e. The van der Waals surface area contributed by atoms with Gasteiger partial charge in [-0.25, -0.2) is 4.98 Å². The molecule has 0 fully saturated rings. The van der Waals surface area contributed by atoms with Crippen LogP contribution in [0.2, 0.25) is 0 Å². The van der Waals surface area contributed by atoms with Gasteiger partial charge < -0.3 is 0 Å². The van der Waals surface area contributed by atoms with Gasteiger partial charge in [0.1, 0.15) is 5.82 Å². The van der Waals surface area contributed by atoms with Crippen LogP contribution in [0.4, 0.5) is 0 Å². The molecule has 1 aromatic carbocycles. The third-order valence-corrected chi connectivity index (χ3v) is 3.42. The number of benzene rings is 1. The highest BCUT2D eigenvalue weighted by Crippen LogP contribution is 2.32. The molecule has 0 bridgehead atoms. The van der Waals surface area contributed by atoms with E-state index in [1.165, 1.54) is 5.56 Å². The summed E-state index contributed by atoms with van der Waals surface area (Å²) in [5, 5.41) is 8.31. The first-order valence-electron chi connectivity index (χ1n) is 5.42. The molecule has 84 valence electrons. The third-order valence-electron chi connectivity index (χ3n) is 2.40. The number of thioether (sulfide) groups is 1. The molecule has 0 aliphatic heterocycles. The first kappa shape index (κ1) is 11.2. The largest absolute Gasteiger partial charge is 0.262 e. The van der Waals surface area contributed by atoms with Crippen LogP contribution >= 0.6 is 11.8 Å². The Balaban J connectivity index is 2.05. The maximum Gasteiger partial charge on any atom is 0.209 e. The second kappa shape index (κ2) is 5.16. The highest BCUT2D eigenvalue weighted by molar-refractivity contribution is 7.99. The quantitative estimate of drug-likeness (QED) is 0.824. The molecule has 2 aromatic rings. The summed E-state index contributed by atoms with van der Waals surface area (Å²) in [6.07, 6.45) is 0.896. The van der Waals surface area contributed by atoms with Gasteiger partial charge in [0, 0.05) is 11.7 Å². The maximum atomic E-state index is 4.39. The minimum Gasteiger partial charge on any atom is -0.262 e. The van der Waals surface area contributed by atoms with Crippen molar-refractivity contribution in [2.75, 3.05) is 0 Å². The summed E-state index contributed by atoms with van der Waals surface area (Å²) in [5.74, 6) is 0.947. The predicted octanol–water partition coefficient (Wildman–Crippen LogP) is 3.22. The average Bonchev–Trinajstić information content (AvgIpc) is 2.78. The van der Waals surface area contributed by atoms with E-state index in [2.05, 4.69) is 53.3 Å². The summed E-state index contributed by atoms with van der Waals surface area (Å²) >= 11 is 1.68. The fraction of sp³-hybridized carbons (Fsp3) is 0.333. The van der Waals surface area contributed by atoms with Crippen molar-refractivity contribution in [3.63, 3.8) is 0 Å². The summed E-state index contributed by atoms with van der Waals surface area (Å²) in [6.45, 7) is 4.23. The molecule has 1 N–H and O–H groups in total.